The summed E-state index contributed by atoms with van der Waals surface area (Å²) in [6.07, 6.45) is -1.80. The third kappa shape index (κ3) is 2.66. The fourth-order valence-corrected chi connectivity index (χ4v) is 1.85. The molecule has 6 heteroatoms. The minimum atomic E-state index is -4.28. The fraction of sp³-hybridized carbons (Fsp3) is 0.900. The highest BCUT2D eigenvalue weighted by molar-refractivity contribution is 5.80. The molecular weight excluding hydrogens is 223 g/mol. The van der Waals surface area contributed by atoms with Gasteiger partial charge in [-0.05, 0) is 12.8 Å². The average Bonchev–Trinajstić information content (AvgIpc) is 1.94. The van der Waals surface area contributed by atoms with Crippen molar-refractivity contribution in [3.63, 3.8) is 0 Å². The van der Waals surface area contributed by atoms with Crippen molar-refractivity contribution in [1.29, 1.82) is 0 Å². The van der Waals surface area contributed by atoms with Crippen molar-refractivity contribution in [2.24, 2.45) is 5.92 Å². The first-order chi connectivity index (χ1) is 7.46. The van der Waals surface area contributed by atoms with Crippen LogP contribution in [0.5, 0.6) is 0 Å². The van der Waals surface area contributed by atoms with Gasteiger partial charge in [0.15, 0.2) is 0 Å². The van der Waals surface area contributed by atoms with Crippen LogP contribution in [-0.2, 0) is 9.53 Å². The summed E-state index contributed by atoms with van der Waals surface area (Å²) in [6, 6.07) is 0. The molecule has 92 valence electrons. The molecule has 1 saturated heterocycles. The van der Waals surface area contributed by atoms with Gasteiger partial charge in [0, 0.05) is 19.0 Å². The van der Waals surface area contributed by atoms with Crippen LogP contribution >= 0.6 is 0 Å². The monoisotopic (exact) mass is 237 g/mol. The number of nitrogens with zero attached hydrogens (tertiary/aromatic N) is 1. The molecule has 1 aliphatic heterocycles. The van der Waals surface area contributed by atoms with Crippen molar-refractivity contribution in [1.82, 2.24) is 4.90 Å². The van der Waals surface area contributed by atoms with E-state index in [4.69, 9.17) is 0 Å². The number of likely N-dealkylation sites (tertiary alicyclic amines) is 1. The van der Waals surface area contributed by atoms with Crippen LogP contribution in [0, 0.1) is 5.92 Å². The van der Waals surface area contributed by atoms with Crippen LogP contribution in [0.3, 0.4) is 0 Å². The minimum Gasteiger partial charge on any atom is -0.365 e. The number of ether oxygens (including phenoxy) is 1. The van der Waals surface area contributed by atoms with Gasteiger partial charge in [0.25, 0.3) is 0 Å². The Bertz CT molecular complexity index is 270. The number of halogens is 3. The van der Waals surface area contributed by atoms with Gasteiger partial charge in [-0.3, -0.25) is 4.79 Å². The van der Waals surface area contributed by atoms with Crippen molar-refractivity contribution in [2.75, 3.05) is 19.7 Å². The summed E-state index contributed by atoms with van der Waals surface area (Å²) in [6.45, 7) is -0.597. The van der Waals surface area contributed by atoms with E-state index >= 15 is 0 Å². The van der Waals surface area contributed by atoms with Crippen molar-refractivity contribution in [3.05, 3.63) is 0 Å². The van der Waals surface area contributed by atoms with Gasteiger partial charge in [0.05, 0.1) is 6.10 Å². The first-order valence-electron chi connectivity index (χ1n) is 5.43. The highest BCUT2D eigenvalue weighted by Gasteiger charge is 2.39. The molecule has 0 N–H and O–H groups in total. The summed E-state index contributed by atoms with van der Waals surface area (Å²) in [4.78, 5) is 13.2. The number of alkyl halides is 3. The standard InChI is InChI=1S/C10H14F3NO2/c11-10(12,13)6-16-8-4-14(5-8)9(15)7-2-1-3-7/h7-8H,1-6H2. The first-order valence-corrected chi connectivity index (χ1v) is 5.43. The van der Waals surface area contributed by atoms with E-state index in [2.05, 4.69) is 4.74 Å². The van der Waals surface area contributed by atoms with Crippen molar-refractivity contribution < 1.29 is 22.7 Å². The second-order valence-corrected chi connectivity index (χ2v) is 4.42. The van der Waals surface area contributed by atoms with Gasteiger partial charge in [-0.25, -0.2) is 0 Å². The molecule has 0 bridgehead atoms. The SMILES string of the molecule is O=C(C1CCC1)N1CC(OCC(F)(F)F)C1. The van der Waals surface area contributed by atoms with Crippen LogP contribution in [0.4, 0.5) is 13.2 Å². The molecule has 0 radical (unpaired) electrons. The maximum atomic E-state index is 11.8. The summed E-state index contributed by atoms with van der Waals surface area (Å²) < 4.78 is 40.1. The van der Waals surface area contributed by atoms with E-state index in [0.717, 1.165) is 19.3 Å². The minimum absolute atomic E-state index is 0.0816. The molecule has 0 aromatic rings. The second-order valence-electron chi connectivity index (χ2n) is 4.42. The lowest BCUT2D eigenvalue weighted by Crippen LogP contribution is -2.57. The third-order valence-corrected chi connectivity index (χ3v) is 3.10. The van der Waals surface area contributed by atoms with E-state index in [9.17, 15) is 18.0 Å². The zero-order valence-corrected chi connectivity index (χ0v) is 8.79. The lowest BCUT2D eigenvalue weighted by atomic mass is 9.83. The predicted octanol–water partition coefficient (Wildman–Crippen LogP) is 1.58. The molecule has 0 spiro atoms. The zero-order chi connectivity index (χ0) is 11.8. The van der Waals surface area contributed by atoms with E-state index in [-0.39, 0.29) is 11.8 Å². The Balaban J connectivity index is 1.64. The molecule has 2 fully saturated rings. The molecular formula is C10H14F3NO2. The number of amides is 1. The van der Waals surface area contributed by atoms with Crippen LogP contribution in [0.15, 0.2) is 0 Å². The molecule has 0 aromatic carbocycles. The van der Waals surface area contributed by atoms with E-state index < -0.39 is 18.9 Å². The van der Waals surface area contributed by atoms with Gasteiger partial charge in [-0.15, -0.1) is 0 Å². The van der Waals surface area contributed by atoms with Gasteiger partial charge in [-0.1, -0.05) is 6.42 Å². The molecule has 2 aliphatic rings. The number of hydrogen-bond acceptors (Lipinski definition) is 2. The van der Waals surface area contributed by atoms with Crippen LogP contribution in [0.25, 0.3) is 0 Å². The summed E-state index contributed by atoms with van der Waals surface area (Å²) in [5, 5.41) is 0. The van der Waals surface area contributed by atoms with Gasteiger partial charge < -0.3 is 9.64 Å². The Labute approximate surface area is 91.5 Å². The average molecular weight is 237 g/mol. The number of hydrogen-bond donors (Lipinski definition) is 0. The number of carbonyl (C=O) groups excluding carboxylic acids is 1. The second kappa shape index (κ2) is 4.24. The summed E-state index contributed by atoms with van der Waals surface area (Å²) in [7, 11) is 0. The van der Waals surface area contributed by atoms with E-state index in [1.54, 1.807) is 4.90 Å². The Morgan fingerprint density at radius 3 is 2.38 bits per heavy atom. The van der Waals surface area contributed by atoms with Crippen molar-refractivity contribution >= 4 is 5.91 Å². The Hall–Kier alpha value is -0.780. The molecule has 0 unspecified atom stereocenters. The topological polar surface area (TPSA) is 29.5 Å². The van der Waals surface area contributed by atoms with Gasteiger partial charge in [0.1, 0.15) is 6.61 Å². The predicted molar refractivity (Wildman–Crippen MR) is 49.7 cm³/mol. The zero-order valence-electron chi connectivity index (χ0n) is 8.79. The van der Waals surface area contributed by atoms with Gasteiger partial charge in [0.2, 0.25) is 5.91 Å². The van der Waals surface area contributed by atoms with Crippen LogP contribution in [0.2, 0.25) is 0 Å². The maximum Gasteiger partial charge on any atom is 0.411 e. The number of carbonyl (C=O) groups is 1. The quantitative estimate of drug-likeness (QED) is 0.745. The van der Waals surface area contributed by atoms with Crippen LogP contribution in [-0.4, -0.2) is 42.8 Å². The summed E-state index contributed by atoms with van der Waals surface area (Å²) in [5.41, 5.74) is 0. The number of rotatable bonds is 3. The summed E-state index contributed by atoms with van der Waals surface area (Å²) in [5.74, 6) is 0.196. The van der Waals surface area contributed by atoms with E-state index in [0.29, 0.717) is 13.1 Å². The molecule has 1 amide bonds. The summed E-state index contributed by atoms with van der Waals surface area (Å²) >= 11 is 0. The molecule has 0 aromatic heterocycles. The van der Waals surface area contributed by atoms with E-state index in [1.807, 2.05) is 0 Å². The van der Waals surface area contributed by atoms with Crippen LogP contribution < -0.4 is 0 Å². The normalized spacial score (nSPS) is 22.8. The van der Waals surface area contributed by atoms with Crippen molar-refractivity contribution in [2.45, 2.75) is 31.5 Å². The molecule has 0 atom stereocenters. The first kappa shape index (κ1) is 11.7. The molecule has 1 aliphatic carbocycles. The van der Waals surface area contributed by atoms with Gasteiger partial charge >= 0.3 is 6.18 Å². The van der Waals surface area contributed by atoms with Gasteiger partial charge in [-0.2, -0.15) is 13.2 Å². The smallest absolute Gasteiger partial charge is 0.365 e. The Kier molecular flexibility index (Phi) is 3.10. The molecule has 16 heavy (non-hydrogen) atoms. The Morgan fingerprint density at radius 1 is 1.31 bits per heavy atom. The van der Waals surface area contributed by atoms with Crippen LogP contribution in [0.1, 0.15) is 19.3 Å². The molecule has 2 rings (SSSR count). The largest absolute Gasteiger partial charge is 0.411 e. The molecule has 1 heterocycles. The molecule has 1 saturated carbocycles. The molecule has 3 nitrogen and oxygen atoms in total. The lowest BCUT2D eigenvalue weighted by molar-refractivity contribution is -0.201. The highest BCUT2D eigenvalue weighted by Crippen LogP contribution is 2.30. The highest BCUT2D eigenvalue weighted by atomic mass is 19.4. The lowest BCUT2D eigenvalue weighted by Gasteiger charge is -2.42. The Morgan fingerprint density at radius 2 is 1.94 bits per heavy atom. The third-order valence-electron chi connectivity index (χ3n) is 3.10. The van der Waals surface area contributed by atoms with E-state index in [1.165, 1.54) is 0 Å². The fourth-order valence-electron chi connectivity index (χ4n) is 1.85. The maximum absolute atomic E-state index is 11.8. The van der Waals surface area contributed by atoms with Crippen molar-refractivity contribution in [3.8, 4) is 0 Å².